The van der Waals surface area contributed by atoms with Crippen molar-refractivity contribution >= 4 is 5.69 Å². The largest absolute Gasteiger partial charge is 0.474 e. The average molecular weight is 257 g/mol. The number of rotatable bonds is 8. The Balaban J connectivity index is 2.46. The maximum absolute atomic E-state index is 5.93. The molecular formula is C12H23N3O3. The van der Waals surface area contributed by atoms with Gasteiger partial charge >= 0.3 is 0 Å². The molecule has 6 nitrogen and oxygen atoms in total. The Hall–Kier alpha value is -1.27. The van der Waals surface area contributed by atoms with Crippen molar-refractivity contribution in [2.75, 3.05) is 39.3 Å². The van der Waals surface area contributed by atoms with Gasteiger partial charge in [-0.15, -0.1) is 0 Å². The van der Waals surface area contributed by atoms with Crippen LogP contribution in [0.4, 0.5) is 5.69 Å². The molecule has 0 bridgehead atoms. The molecular weight excluding hydrogens is 234 g/mol. The van der Waals surface area contributed by atoms with E-state index in [1.54, 1.807) is 11.8 Å². The van der Waals surface area contributed by atoms with Crippen molar-refractivity contribution in [2.24, 2.45) is 0 Å². The van der Waals surface area contributed by atoms with Gasteiger partial charge in [-0.1, -0.05) is 0 Å². The maximum Gasteiger partial charge on any atom is 0.236 e. The lowest BCUT2D eigenvalue weighted by molar-refractivity contribution is 0.0527. The highest BCUT2D eigenvalue weighted by molar-refractivity contribution is 5.52. The fourth-order valence-corrected chi connectivity index (χ4v) is 1.47. The quantitative estimate of drug-likeness (QED) is 0.713. The Kier molecular flexibility index (Phi) is 5.94. The van der Waals surface area contributed by atoms with E-state index >= 15 is 0 Å². The Labute approximate surface area is 108 Å². The molecule has 0 atom stereocenters. The van der Waals surface area contributed by atoms with E-state index in [1.165, 1.54) is 0 Å². The number of aryl methyl sites for hydroxylation is 1. The van der Waals surface area contributed by atoms with Crippen molar-refractivity contribution in [1.29, 1.82) is 0 Å². The number of anilines is 1. The van der Waals surface area contributed by atoms with E-state index in [1.807, 2.05) is 20.8 Å². The van der Waals surface area contributed by atoms with E-state index in [0.29, 0.717) is 38.0 Å². The molecule has 1 aromatic rings. The Morgan fingerprint density at radius 1 is 1.22 bits per heavy atom. The second kappa shape index (κ2) is 7.23. The van der Waals surface area contributed by atoms with Crippen LogP contribution in [0.5, 0.6) is 5.88 Å². The first-order valence-electron chi connectivity index (χ1n) is 6.12. The van der Waals surface area contributed by atoms with Crippen LogP contribution in [0.2, 0.25) is 0 Å². The number of methoxy groups -OCH3 is 1. The molecule has 0 aromatic carbocycles. The minimum atomic E-state index is 0.213. The summed E-state index contributed by atoms with van der Waals surface area (Å²) in [6, 6.07) is 0.213. The van der Waals surface area contributed by atoms with Crippen LogP contribution in [0.15, 0.2) is 0 Å². The average Bonchev–Trinajstić information content (AvgIpc) is 2.61. The zero-order valence-corrected chi connectivity index (χ0v) is 11.6. The number of nitrogens with zero attached hydrogens (tertiary/aromatic N) is 2. The van der Waals surface area contributed by atoms with Crippen LogP contribution in [0.1, 0.15) is 25.6 Å². The summed E-state index contributed by atoms with van der Waals surface area (Å²) < 4.78 is 17.6. The van der Waals surface area contributed by atoms with Gasteiger partial charge in [-0.05, 0) is 20.8 Å². The minimum Gasteiger partial charge on any atom is -0.474 e. The molecule has 1 heterocycles. The molecule has 0 saturated carbocycles. The van der Waals surface area contributed by atoms with Gasteiger partial charge in [0.05, 0.1) is 31.6 Å². The third-order valence-corrected chi connectivity index (χ3v) is 2.47. The van der Waals surface area contributed by atoms with Gasteiger partial charge in [0.1, 0.15) is 12.3 Å². The van der Waals surface area contributed by atoms with Gasteiger partial charge in [-0.2, -0.15) is 5.10 Å². The highest BCUT2D eigenvalue weighted by Gasteiger charge is 2.15. The molecule has 18 heavy (non-hydrogen) atoms. The molecule has 0 saturated heterocycles. The number of nitrogen functional groups attached to an aromatic ring is 1. The monoisotopic (exact) mass is 257 g/mol. The van der Waals surface area contributed by atoms with Crippen LogP contribution < -0.4 is 10.5 Å². The van der Waals surface area contributed by atoms with Gasteiger partial charge in [0, 0.05) is 7.11 Å². The van der Waals surface area contributed by atoms with Gasteiger partial charge < -0.3 is 19.9 Å². The lowest BCUT2D eigenvalue weighted by Gasteiger charge is -2.12. The van der Waals surface area contributed by atoms with E-state index in [9.17, 15) is 0 Å². The fourth-order valence-electron chi connectivity index (χ4n) is 1.47. The molecule has 1 aromatic heterocycles. The lowest BCUT2D eigenvalue weighted by atomic mass is 10.4. The van der Waals surface area contributed by atoms with Crippen molar-refractivity contribution in [3.05, 3.63) is 5.69 Å². The van der Waals surface area contributed by atoms with Gasteiger partial charge in [0.25, 0.3) is 0 Å². The topological polar surface area (TPSA) is 71.5 Å². The number of ether oxygens (including phenoxy) is 3. The van der Waals surface area contributed by atoms with Crippen LogP contribution >= 0.6 is 0 Å². The van der Waals surface area contributed by atoms with Gasteiger partial charge in [0.2, 0.25) is 5.88 Å². The number of hydrogen-bond acceptors (Lipinski definition) is 5. The highest BCUT2D eigenvalue weighted by Crippen LogP contribution is 2.27. The molecule has 0 unspecified atom stereocenters. The number of hydrogen-bond donors (Lipinski definition) is 1. The third kappa shape index (κ3) is 3.89. The predicted molar refractivity (Wildman–Crippen MR) is 70.0 cm³/mol. The molecule has 0 radical (unpaired) electrons. The molecule has 0 fully saturated rings. The summed E-state index contributed by atoms with van der Waals surface area (Å²) in [4.78, 5) is 0. The number of nitrogens with two attached hydrogens (primary N) is 1. The molecule has 6 heteroatoms. The summed E-state index contributed by atoms with van der Waals surface area (Å²) in [7, 11) is 1.64. The molecule has 2 N–H and O–H groups in total. The second-order valence-electron chi connectivity index (χ2n) is 4.30. The summed E-state index contributed by atoms with van der Waals surface area (Å²) >= 11 is 0. The van der Waals surface area contributed by atoms with Crippen LogP contribution in [-0.4, -0.2) is 43.3 Å². The summed E-state index contributed by atoms with van der Waals surface area (Å²) in [5.41, 5.74) is 7.32. The van der Waals surface area contributed by atoms with E-state index < -0.39 is 0 Å². The second-order valence-corrected chi connectivity index (χ2v) is 4.30. The smallest absolute Gasteiger partial charge is 0.236 e. The van der Waals surface area contributed by atoms with E-state index in [4.69, 9.17) is 19.9 Å². The fraction of sp³-hybridized carbons (Fsp3) is 0.750. The molecule has 104 valence electrons. The Bertz CT molecular complexity index is 364. The van der Waals surface area contributed by atoms with Crippen molar-refractivity contribution < 1.29 is 14.2 Å². The first kappa shape index (κ1) is 14.8. The standard InChI is InChI=1S/C12H23N3O3/c1-9(2)15-12(11(13)10(3)14-15)18-8-7-17-6-5-16-4/h9H,5-8,13H2,1-4H3. The predicted octanol–water partition coefficient (Wildman–Crippen LogP) is 1.40. The first-order chi connectivity index (χ1) is 8.57. The molecule has 0 aliphatic heterocycles. The van der Waals surface area contributed by atoms with Crippen LogP contribution in [0.3, 0.4) is 0 Å². The van der Waals surface area contributed by atoms with Crippen molar-refractivity contribution in [2.45, 2.75) is 26.8 Å². The Morgan fingerprint density at radius 3 is 2.50 bits per heavy atom. The van der Waals surface area contributed by atoms with Gasteiger partial charge in [-0.3, -0.25) is 0 Å². The molecule has 0 spiro atoms. The van der Waals surface area contributed by atoms with Crippen molar-refractivity contribution in [3.63, 3.8) is 0 Å². The summed E-state index contributed by atoms with van der Waals surface area (Å²) in [5, 5.41) is 4.34. The van der Waals surface area contributed by atoms with Gasteiger partial charge in [0.15, 0.2) is 0 Å². The normalized spacial score (nSPS) is 11.2. The molecule has 0 aliphatic carbocycles. The third-order valence-electron chi connectivity index (χ3n) is 2.47. The SMILES string of the molecule is COCCOCCOc1c(N)c(C)nn1C(C)C. The minimum absolute atomic E-state index is 0.213. The number of aromatic nitrogens is 2. The van der Waals surface area contributed by atoms with E-state index in [2.05, 4.69) is 5.10 Å². The maximum atomic E-state index is 5.93. The molecule has 0 amide bonds. The van der Waals surface area contributed by atoms with E-state index in [-0.39, 0.29) is 6.04 Å². The molecule has 0 aliphatic rings. The van der Waals surface area contributed by atoms with Crippen LogP contribution in [0, 0.1) is 6.92 Å². The van der Waals surface area contributed by atoms with Crippen LogP contribution in [0.25, 0.3) is 0 Å². The summed E-state index contributed by atoms with van der Waals surface area (Å²) in [5.74, 6) is 0.623. The zero-order valence-electron chi connectivity index (χ0n) is 11.6. The Morgan fingerprint density at radius 2 is 1.89 bits per heavy atom. The van der Waals surface area contributed by atoms with Crippen LogP contribution in [-0.2, 0) is 9.47 Å². The van der Waals surface area contributed by atoms with Gasteiger partial charge in [-0.25, -0.2) is 4.68 Å². The summed E-state index contributed by atoms with van der Waals surface area (Å²) in [6.07, 6.45) is 0. The first-order valence-corrected chi connectivity index (χ1v) is 6.12. The molecule has 1 rings (SSSR count). The van der Waals surface area contributed by atoms with Crippen molar-refractivity contribution in [1.82, 2.24) is 9.78 Å². The highest BCUT2D eigenvalue weighted by atomic mass is 16.5. The zero-order chi connectivity index (χ0) is 13.5. The lowest BCUT2D eigenvalue weighted by Crippen LogP contribution is -2.13. The van der Waals surface area contributed by atoms with Crippen molar-refractivity contribution in [3.8, 4) is 5.88 Å². The van der Waals surface area contributed by atoms with E-state index in [0.717, 1.165) is 5.69 Å². The summed E-state index contributed by atoms with van der Waals surface area (Å²) in [6.45, 7) is 8.05.